The lowest BCUT2D eigenvalue weighted by molar-refractivity contribution is -0.123. The van der Waals surface area contributed by atoms with Crippen LogP contribution in [0.5, 0.6) is 0 Å². The third-order valence-electron chi connectivity index (χ3n) is 2.77. The normalized spacial score (nSPS) is 12.0. The molecule has 1 rings (SSSR count). The van der Waals surface area contributed by atoms with Gasteiger partial charge in [-0.05, 0) is 30.7 Å². The maximum atomic E-state index is 11.4. The Morgan fingerprint density at radius 3 is 2.65 bits per heavy atom. The number of aryl methyl sites for hydroxylation is 1. The number of anilines is 2. The number of rotatable bonds is 4. The van der Waals surface area contributed by atoms with Crippen LogP contribution < -0.4 is 16.0 Å². The van der Waals surface area contributed by atoms with Crippen molar-refractivity contribution in [3.8, 4) is 0 Å². The standard InChI is InChI=1S/C13H21N3O/c1-9-5-11(14)7-12(6-9)16(4)8-10(2)13(17)15-3/h5-7,10H,8,14H2,1-4H3,(H,15,17). The monoisotopic (exact) mass is 235 g/mol. The zero-order chi connectivity index (χ0) is 13.0. The highest BCUT2D eigenvalue weighted by Gasteiger charge is 2.14. The van der Waals surface area contributed by atoms with E-state index in [-0.39, 0.29) is 11.8 Å². The van der Waals surface area contributed by atoms with Gasteiger partial charge in [-0.1, -0.05) is 6.92 Å². The van der Waals surface area contributed by atoms with E-state index in [4.69, 9.17) is 5.73 Å². The minimum Gasteiger partial charge on any atom is -0.399 e. The van der Waals surface area contributed by atoms with E-state index in [2.05, 4.69) is 11.4 Å². The molecule has 1 unspecified atom stereocenters. The quantitative estimate of drug-likeness (QED) is 0.775. The van der Waals surface area contributed by atoms with Crippen molar-refractivity contribution in [3.05, 3.63) is 23.8 Å². The molecule has 0 aliphatic heterocycles. The van der Waals surface area contributed by atoms with Gasteiger partial charge in [0.15, 0.2) is 0 Å². The molecule has 94 valence electrons. The van der Waals surface area contributed by atoms with E-state index in [0.29, 0.717) is 6.54 Å². The van der Waals surface area contributed by atoms with Crippen molar-refractivity contribution in [1.29, 1.82) is 0 Å². The molecule has 0 radical (unpaired) electrons. The largest absolute Gasteiger partial charge is 0.399 e. The van der Waals surface area contributed by atoms with Gasteiger partial charge in [-0.15, -0.1) is 0 Å². The lowest BCUT2D eigenvalue weighted by Crippen LogP contribution is -2.34. The molecule has 0 spiro atoms. The van der Waals surface area contributed by atoms with Gasteiger partial charge < -0.3 is 16.0 Å². The number of nitrogens with zero attached hydrogens (tertiary/aromatic N) is 1. The Hall–Kier alpha value is -1.71. The Bertz CT molecular complexity index is 383. The Labute approximate surface area is 103 Å². The van der Waals surface area contributed by atoms with Gasteiger partial charge in [0.25, 0.3) is 0 Å². The second-order valence-corrected chi connectivity index (χ2v) is 4.50. The van der Waals surface area contributed by atoms with Crippen molar-refractivity contribution in [3.63, 3.8) is 0 Å². The summed E-state index contributed by atoms with van der Waals surface area (Å²) in [5.74, 6) is 0.00390. The molecule has 4 heteroatoms. The molecule has 1 aromatic rings. The summed E-state index contributed by atoms with van der Waals surface area (Å²) in [6.07, 6.45) is 0. The fourth-order valence-electron chi connectivity index (χ4n) is 1.86. The maximum Gasteiger partial charge on any atom is 0.224 e. The zero-order valence-corrected chi connectivity index (χ0v) is 10.9. The summed E-state index contributed by atoms with van der Waals surface area (Å²) < 4.78 is 0. The topological polar surface area (TPSA) is 58.4 Å². The van der Waals surface area contributed by atoms with Crippen molar-refractivity contribution in [1.82, 2.24) is 5.32 Å². The molecule has 4 nitrogen and oxygen atoms in total. The first-order valence-corrected chi connectivity index (χ1v) is 5.74. The first kappa shape index (κ1) is 13.4. The van der Waals surface area contributed by atoms with E-state index in [1.807, 2.05) is 37.9 Å². The molecule has 1 aromatic carbocycles. The Morgan fingerprint density at radius 1 is 1.47 bits per heavy atom. The molecule has 0 aromatic heterocycles. The van der Waals surface area contributed by atoms with Crippen molar-refractivity contribution in [2.45, 2.75) is 13.8 Å². The van der Waals surface area contributed by atoms with E-state index in [0.717, 1.165) is 16.9 Å². The highest BCUT2D eigenvalue weighted by Crippen LogP contribution is 2.20. The summed E-state index contributed by atoms with van der Waals surface area (Å²) in [7, 11) is 3.62. The van der Waals surface area contributed by atoms with Gasteiger partial charge in [-0.2, -0.15) is 0 Å². The summed E-state index contributed by atoms with van der Waals surface area (Å²) in [5.41, 5.74) is 8.72. The fraction of sp³-hybridized carbons (Fsp3) is 0.462. The molecule has 0 aliphatic rings. The Balaban J connectivity index is 2.75. The number of amides is 1. The number of carbonyl (C=O) groups excluding carboxylic acids is 1. The van der Waals surface area contributed by atoms with Crippen LogP contribution in [0.2, 0.25) is 0 Å². The Kier molecular flexibility index (Phi) is 4.37. The van der Waals surface area contributed by atoms with Crippen molar-refractivity contribution >= 4 is 17.3 Å². The zero-order valence-electron chi connectivity index (χ0n) is 10.9. The first-order chi connectivity index (χ1) is 7.93. The third kappa shape index (κ3) is 3.66. The van der Waals surface area contributed by atoms with Gasteiger partial charge >= 0.3 is 0 Å². The minimum absolute atomic E-state index is 0.0493. The molecule has 0 fully saturated rings. The van der Waals surface area contributed by atoms with Crippen LogP contribution in [-0.4, -0.2) is 26.5 Å². The number of nitrogen functional groups attached to an aromatic ring is 1. The van der Waals surface area contributed by atoms with E-state index in [1.165, 1.54) is 0 Å². The molecule has 0 heterocycles. The van der Waals surface area contributed by atoms with Crippen LogP contribution >= 0.6 is 0 Å². The molecule has 3 N–H and O–H groups in total. The average molecular weight is 235 g/mol. The molecule has 0 saturated heterocycles. The van der Waals surface area contributed by atoms with Gasteiger partial charge in [0.1, 0.15) is 0 Å². The SMILES string of the molecule is CNC(=O)C(C)CN(C)c1cc(C)cc(N)c1. The van der Waals surface area contributed by atoms with E-state index in [9.17, 15) is 4.79 Å². The number of nitrogens with two attached hydrogens (primary N) is 1. The van der Waals surface area contributed by atoms with Crippen LogP contribution in [0.1, 0.15) is 12.5 Å². The smallest absolute Gasteiger partial charge is 0.224 e. The number of hydrogen-bond acceptors (Lipinski definition) is 3. The van der Waals surface area contributed by atoms with E-state index in [1.54, 1.807) is 7.05 Å². The number of nitrogens with one attached hydrogen (secondary N) is 1. The van der Waals surface area contributed by atoms with Gasteiger partial charge in [0.2, 0.25) is 5.91 Å². The predicted octanol–water partition coefficient (Wildman–Crippen LogP) is 1.40. The van der Waals surface area contributed by atoms with Crippen LogP contribution in [0.15, 0.2) is 18.2 Å². The first-order valence-electron chi connectivity index (χ1n) is 5.74. The van der Waals surface area contributed by atoms with Crippen molar-refractivity contribution < 1.29 is 4.79 Å². The summed E-state index contributed by atoms with van der Waals surface area (Å²) >= 11 is 0. The molecular weight excluding hydrogens is 214 g/mol. The Morgan fingerprint density at radius 2 is 2.12 bits per heavy atom. The minimum atomic E-state index is -0.0493. The molecule has 0 bridgehead atoms. The maximum absolute atomic E-state index is 11.4. The fourth-order valence-corrected chi connectivity index (χ4v) is 1.86. The average Bonchev–Trinajstić information content (AvgIpc) is 2.26. The van der Waals surface area contributed by atoms with E-state index < -0.39 is 0 Å². The summed E-state index contributed by atoms with van der Waals surface area (Å²) in [6, 6.07) is 5.91. The summed E-state index contributed by atoms with van der Waals surface area (Å²) in [6.45, 7) is 4.59. The highest BCUT2D eigenvalue weighted by atomic mass is 16.1. The van der Waals surface area contributed by atoms with Gasteiger partial charge in [-0.3, -0.25) is 4.79 Å². The van der Waals surface area contributed by atoms with Gasteiger partial charge in [0.05, 0.1) is 5.92 Å². The van der Waals surface area contributed by atoms with Crippen molar-refractivity contribution in [2.75, 3.05) is 31.3 Å². The molecule has 1 amide bonds. The predicted molar refractivity (Wildman–Crippen MR) is 72.1 cm³/mol. The van der Waals surface area contributed by atoms with Crippen LogP contribution in [-0.2, 0) is 4.79 Å². The second-order valence-electron chi connectivity index (χ2n) is 4.50. The lowest BCUT2D eigenvalue weighted by Gasteiger charge is -2.23. The highest BCUT2D eigenvalue weighted by molar-refractivity contribution is 5.78. The number of carbonyl (C=O) groups is 1. The third-order valence-corrected chi connectivity index (χ3v) is 2.77. The van der Waals surface area contributed by atoms with Crippen LogP contribution in [0, 0.1) is 12.8 Å². The van der Waals surface area contributed by atoms with Crippen molar-refractivity contribution in [2.24, 2.45) is 5.92 Å². The van der Waals surface area contributed by atoms with Crippen LogP contribution in [0.4, 0.5) is 11.4 Å². The summed E-state index contributed by atoms with van der Waals surface area (Å²) in [4.78, 5) is 13.5. The molecule has 17 heavy (non-hydrogen) atoms. The molecular formula is C13H21N3O. The van der Waals surface area contributed by atoms with Gasteiger partial charge in [-0.25, -0.2) is 0 Å². The number of hydrogen-bond donors (Lipinski definition) is 2. The molecule has 0 saturated carbocycles. The lowest BCUT2D eigenvalue weighted by atomic mass is 10.1. The van der Waals surface area contributed by atoms with Crippen LogP contribution in [0.3, 0.4) is 0 Å². The number of benzene rings is 1. The van der Waals surface area contributed by atoms with E-state index >= 15 is 0 Å². The summed E-state index contributed by atoms with van der Waals surface area (Å²) in [5, 5.41) is 2.65. The molecule has 1 atom stereocenters. The van der Waals surface area contributed by atoms with Crippen LogP contribution in [0.25, 0.3) is 0 Å². The second kappa shape index (κ2) is 5.57. The van der Waals surface area contributed by atoms with Gasteiger partial charge in [0, 0.05) is 32.0 Å². The molecule has 0 aliphatic carbocycles.